The Morgan fingerprint density at radius 2 is 2.40 bits per heavy atom. The Hall–Kier alpha value is -0.790. The van der Waals surface area contributed by atoms with E-state index in [1.165, 1.54) is 12.8 Å². The fraction of sp³-hybridized carbons (Fsp3) is 0.625. The first kappa shape index (κ1) is 7.32. The van der Waals surface area contributed by atoms with Crippen molar-refractivity contribution in [2.75, 3.05) is 7.05 Å². The van der Waals surface area contributed by atoms with Gasteiger partial charge in [0.25, 0.3) is 0 Å². The van der Waals surface area contributed by atoms with Crippen molar-refractivity contribution in [3.8, 4) is 0 Å². The molecule has 0 saturated heterocycles. The van der Waals surface area contributed by atoms with Gasteiger partial charge < -0.3 is 5.32 Å². The molecule has 0 aromatic rings. The van der Waals surface area contributed by atoms with Gasteiger partial charge in [0.2, 0.25) is 5.91 Å². The first-order chi connectivity index (χ1) is 4.83. The van der Waals surface area contributed by atoms with Crippen LogP contribution in [-0.2, 0) is 4.79 Å². The van der Waals surface area contributed by atoms with Gasteiger partial charge in [0.1, 0.15) is 0 Å². The number of carbonyl (C=O) groups excluding carboxylic acids is 1. The van der Waals surface area contributed by atoms with Gasteiger partial charge in [-0.2, -0.15) is 0 Å². The van der Waals surface area contributed by atoms with Crippen LogP contribution in [0.25, 0.3) is 0 Å². The van der Waals surface area contributed by atoms with E-state index in [0.29, 0.717) is 0 Å². The lowest BCUT2D eigenvalue weighted by Crippen LogP contribution is -2.13. The summed E-state index contributed by atoms with van der Waals surface area (Å²) in [5.41, 5.74) is 0. The molecule has 1 saturated carbocycles. The Bertz CT molecular complexity index is 147. The van der Waals surface area contributed by atoms with Crippen LogP contribution in [0.3, 0.4) is 0 Å². The third kappa shape index (κ3) is 2.67. The van der Waals surface area contributed by atoms with Gasteiger partial charge in [0.05, 0.1) is 0 Å². The largest absolute Gasteiger partial charge is 0.356 e. The molecule has 0 aromatic heterocycles. The van der Waals surface area contributed by atoms with Gasteiger partial charge in [-0.3, -0.25) is 4.79 Å². The fourth-order valence-corrected chi connectivity index (χ4v) is 0.804. The summed E-state index contributed by atoms with van der Waals surface area (Å²) in [6.07, 6.45) is 7.33. The van der Waals surface area contributed by atoms with Crippen LogP contribution >= 0.6 is 0 Å². The number of rotatable bonds is 3. The van der Waals surface area contributed by atoms with Crippen LogP contribution in [0.2, 0.25) is 0 Å². The molecule has 56 valence electrons. The Morgan fingerprint density at radius 1 is 1.70 bits per heavy atom. The van der Waals surface area contributed by atoms with Crippen LogP contribution in [0.15, 0.2) is 12.2 Å². The van der Waals surface area contributed by atoms with E-state index < -0.39 is 0 Å². The lowest BCUT2D eigenvalue weighted by Gasteiger charge is -1.88. The van der Waals surface area contributed by atoms with Crippen LogP contribution in [0.4, 0.5) is 0 Å². The summed E-state index contributed by atoms with van der Waals surface area (Å²) in [6.45, 7) is 0. The standard InChI is InChI=1S/C8H13NO/c1-9-8(10)4-2-3-7-5-6-7/h2,4,7H,3,5-6H2,1H3,(H,9,10). The van der Waals surface area contributed by atoms with Crippen molar-refractivity contribution >= 4 is 5.91 Å². The highest BCUT2D eigenvalue weighted by Gasteiger charge is 2.18. The molecule has 1 aliphatic rings. The molecule has 0 aliphatic heterocycles. The van der Waals surface area contributed by atoms with E-state index >= 15 is 0 Å². The molecule has 0 aromatic carbocycles. The number of amides is 1. The molecule has 1 rings (SSSR count). The maximum absolute atomic E-state index is 10.6. The van der Waals surface area contributed by atoms with Crippen molar-refractivity contribution in [2.24, 2.45) is 5.92 Å². The zero-order valence-corrected chi connectivity index (χ0v) is 6.26. The van der Waals surface area contributed by atoms with E-state index in [2.05, 4.69) is 5.32 Å². The quantitative estimate of drug-likeness (QED) is 0.582. The third-order valence-electron chi connectivity index (χ3n) is 1.68. The smallest absolute Gasteiger partial charge is 0.243 e. The van der Waals surface area contributed by atoms with Gasteiger partial charge in [-0.1, -0.05) is 6.08 Å². The average molecular weight is 139 g/mol. The van der Waals surface area contributed by atoms with Crippen LogP contribution in [0.5, 0.6) is 0 Å². The summed E-state index contributed by atoms with van der Waals surface area (Å²) in [5.74, 6) is 0.876. The molecular weight excluding hydrogens is 126 g/mol. The fourth-order valence-electron chi connectivity index (χ4n) is 0.804. The van der Waals surface area contributed by atoms with E-state index in [1.54, 1.807) is 13.1 Å². The van der Waals surface area contributed by atoms with E-state index in [4.69, 9.17) is 0 Å². The first-order valence-corrected chi connectivity index (χ1v) is 3.71. The maximum atomic E-state index is 10.6. The lowest BCUT2D eigenvalue weighted by atomic mass is 10.3. The highest BCUT2D eigenvalue weighted by molar-refractivity contribution is 5.87. The Balaban J connectivity index is 2.08. The number of hydrogen-bond acceptors (Lipinski definition) is 1. The molecule has 0 radical (unpaired) electrons. The van der Waals surface area contributed by atoms with E-state index in [0.717, 1.165) is 12.3 Å². The highest BCUT2D eigenvalue weighted by atomic mass is 16.1. The molecule has 10 heavy (non-hydrogen) atoms. The number of hydrogen-bond donors (Lipinski definition) is 1. The van der Waals surface area contributed by atoms with Crippen LogP contribution in [-0.4, -0.2) is 13.0 Å². The van der Waals surface area contributed by atoms with Gasteiger partial charge in [0, 0.05) is 7.05 Å². The minimum absolute atomic E-state index is 0.000602. The van der Waals surface area contributed by atoms with Crippen molar-refractivity contribution in [2.45, 2.75) is 19.3 Å². The van der Waals surface area contributed by atoms with Crippen molar-refractivity contribution in [3.63, 3.8) is 0 Å². The molecule has 0 unspecified atom stereocenters. The molecule has 1 aliphatic carbocycles. The monoisotopic (exact) mass is 139 g/mol. The summed E-state index contributed by atoms with van der Waals surface area (Å²) >= 11 is 0. The number of likely N-dealkylation sites (N-methyl/N-ethyl adjacent to an activating group) is 1. The molecule has 1 fully saturated rings. The van der Waals surface area contributed by atoms with Crippen molar-refractivity contribution in [1.29, 1.82) is 0 Å². The van der Waals surface area contributed by atoms with Crippen molar-refractivity contribution < 1.29 is 4.79 Å². The molecule has 0 atom stereocenters. The van der Waals surface area contributed by atoms with Gasteiger partial charge in [-0.15, -0.1) is 0 Å². The Labute approximate surface area is 61.3 Å². The highest BCUT2D eigenvalue weighted by Crippen LogP contribution is 2.32. The summed E-state index contributed by atoms with van der Waals surface area (Å²) in [5, 5.41) is 2.53. The predicted octanol–water partition coefficient (Wildman–Crippen LogP) is 1.09. The number of carbonyl (C=O) groups is 1. The van der Waals surface area contributed by atoms with Gasteiger partial charge in [-0.05, 0) is 31.3 Å². The summed E-state index contributed by atoms with van der Waals surface area (Å²) in [4.78, 5) is 10.6. The average Bonchev–Trinajstić information content (AvgIpc) is 2.71. The lowest BCUT2D eigenvalue weighted by molar-refractivity contribution is -0.116. The van der Waals surface area contributed by atoms with Gasteiger partial charge in [0.15, 0.2) is 0 Å². The van der Waals surface area contributed by atoms with Crippen molar-refractivity contribution in [1.82, 2.24) is 5.32 Å². The van der Waals surface area contributed by atoms with Crippen molar-refractivity contribution in [3.05, 3.63) is 12.2 Å². The second kappa shape index (κ2) is 3.40. The van der Waals surface area contributed by atoms with E-state index in [9.17, 15) is 4.79 Å². The number of nitrogens with one attached hydrogen (secondary N) is 1. The van der Waals surface area contributed by atoms with E-state index in [-0.39, 0.29) is 5.91 Å². The SMILES string of the molecule is CNC(=O)C=CCC1CC1. The zero-order valence-electron chi connectivity index (χ0n) is 6.26. The molecule has 2 nitrogen and oxygen atoms in total. The molecule has 0 heterocycles. The van der Waals surface area contributed by atoms with Crippen LogP contribution in [0.1, 0.15) is 19.3 Å². The predicted molar refractivity (Wildman–Crippen MR) is 40.5 cm³/mol. The molecule has 1 amide bonds. The summed E-state index contributed by atoms with van der Waals surface area (Å²) in [6, 6.07) is 0. The van der Waals surface area contributed by atoms with E-state index in [1.807, 2.05) is 6.08 Å². The second-order valence-electron chi connectivity index (χ2n) is 2.70. The molecule has 2 heteroatoms. The molecule has 1 N–H and O–H groups in total. The summed E-state index contributed by atoms with van der Waals surface area (Å²) in [7, 11) is 1.64. The molecular formula is C8H13NO. The third-order valence-corrected chi connectivity index (χ3v) is 1.68. The second-order valence-corrected chi connectivity index (χ2v) is 2.70. The number of allylic oxidation sites excluding steroid dienone is 1. The van der Waals surface area contributed by atoms with Gasteiger partial charge >= 0.3 is 0 Å². The minimum atomic E-state index is 0.000602. The topological polar surface area (TPSA) is 29.1 Å². The van der Waals surface area contributed by atoms with Crippen LogP contribution in [0, 0.1) is 5.92 Å². The molecule has 0 spiro atoms. The van der Waals surface area contributed by atoms with Crippen LogP contribution < -0.4 is 5.32 Å². The maximum Gasteiger partial charge on any atom is 0.243 e. The Morgan fingerprint density at radius 3 is 2.90 bits per heavy atom. The first-order valence-electron chi connectivity index (χ1n) is 3.71. The summed E-state index contributed by atoms with van der Waals surface area (Å²) < 4.78 is 0. The molecule has 0 bridgehead atoms. The Kier molecular flexibility index (Phi) is 2.49. The minimum Gasteiger partial charge on any atom is -0.356 e. The van der Waals surface area contributed by atoms with Gasteiger partial charge in [-0.25, -0.2) is 0 Å². The normalized spacial score (nSPS) is 17.7. The zero-order chi connectivity index (χ0) is 7.40.